The number of hydrogen-bond acceptors (Lipinski definition) is 9. The van der Waals surface area contributed by atoms with Crippen LogP contribution >= 0.6 is 15.9 Å². The summed E-state index contributed by atoms with van der Waals surface area (Å²) in [5.41, 5.74) is 0.919. The van der Waals surface area contributed by atoms with Crippen molar-refractivity contribution in [3.63, 3.8) is 0 Å². The summed E-state index contributed by atoms with van der Waals surface area (Å²) >= 11 is 3.49. The third-order valence-corrected chi connectivity index (χ3v) is 6.56. The summed E-state index contributed by atoms with van der Waals surface area (Å²) in [6.45, 7) is 15.4. The van der Waals surface area contributed by atoms with Crippen LogP contribution in [-0.4, -0.2) is 45.0 Å². The molecule has 0 unspecified atom stereocenters. The van der Waals surface area contributed by atoms with E-state index in [0.29, 0.717) is 33.8 Å². The number of amides is 2. The fraction of sp³-hybridized carbons (Fsp3) is 0.414. The van der Waals surface area contributed by atoms with E-state index >= 15 is 0 Å². The smallest absolute Gasteiger partial charge is 0.425 e. The summed E-state index contributed by atoms with van der Waals surface area (Å²) in [4.78, 5) is 37.3. The lowest BCUT2D eigenvalue weighted by Crippen LogP contribution is -2.45. The number of anilines is 1. The van der Waals surface area contributed by atoms with E-state index in [1.165, 1.54) is 0 Å². The highest BCUT2D eigenvalue weighted by Crippen LogP contribution is 2.44. The van der Waals surface area contributed by atoms with Gasteiger partial charge in [0.1, 0.15) is 38.7 Å². The maximum Gasteiger partial charge on any atom is 0.425 e. The van der Waals surface area contributed by atoms with E-state index in [9.17, 15) is 14.9 Å². The van der Waals surface area contributed by atoms with Crippen LogP contribution in [0.25, 0.3) is 27.8 Å². The maximum atomic E-state index is 13.9. The molecule has 0 fully saturated rings. The fourth-order valence-corrected chi connectivity index (χ4v) is 5.10. The lowest BCUT2D eigenvalue weighted by molar-refractivity contribution is 0.0428. The SMILES string of the molecule is COc1ccc(C)c(-n2c(N(C(=O)OC(C)(C)C)C(=O)OC(C)(C)C)c(C#N)c3c(Br)nc4nc(C)oc4c32)c1C. The Morgan fingerprint density at radius 2 is 1.61 bits per heavy atom. The average molecular weight is 627 g/mol. The molecular formula is C29H32BrN5O6. The van der Waals surface area contributed by atoms with Gasteiger partial charge in [0.2, 0.25) is 5.65 Å². The number of aromatic nitrogens is 3. The Morgan fingerprint density at radius 3 is 2.12 bits per heavy atom. The molecule has 0 aliphatic rings. The number of ether oxygens (including phenoxy) is 3. The third kappa shape index (κ3) is 5.46. The summed E-state index contributed by atoms with van der Waals surface area (Å²) < 4.78 is 24.9. The summed E-state index contributed by atoms with van der Waals surface area (Å²) in [6.07, 6.45) is -2.06. The monoisotopic (exact) mass is 625 g/mol. The molecule has 3 aromatic heterocycles. The van der Waals surface area contributed by atoms with Gasteiger partial charge in [0, 0.05) is 12.5 Å². The van der Waals surface area contributed by atoms with E-state index in [1.807, 2.05) is 26.0 Å². The number of benzene rings is 1. The number of hydrogen-bond donors (Lipinski definition) is 0. The molecule has 0 aliphatic carbocycles. The second kappa shape index (κ2) is 10.4. The van der Waals surface area contributed by atoms with Crippen LogP contribution in [-0.2, 0) is 9.47 Å². The number of methoxy groups -OCH3 is 1. The minimum atomic E-state index is -1.03. The van der Waals surface area contributed by atoms with Crippen molar-refractivity contribution in [1.29, 1.82) is 5.26 Å². The van der Waals surface area contributed by atoms with Crippen molar-refractivity contribution in [2.75, 3.05) is 12.0 Å². The number of nitrogens with zero attached hydrogens (tertiary/aromatic N) is 5. The van der Waals surface area contributed by atoms with E-state index in [1.54, 1.807) is 60.1 Å². The lowest BCUT2D eigenvalue weighted by atomic mass is 10.1. The van der Waals surface area contributed by atoms with Crippen molar-refractivity contribution in [2.45, 2.75) is 73.5 Å². The molecule has 0 saturated carbocycles. The normalized spacial score (nSPS) is 12.0. The van der Waals surface area contributed by atoms with Gasteiger partial charge in [-0.15, -0.1) is 0 Å². The van der Waals surface area contributed by atoms with Crippen LogP contribution in [0.2, 0.25) is 0 Å². The van der Waals surface area contributed by atoms with E-state index in [4.69, 9.17) is 18.6 Å². The molecule has 0 radical (unpaired) electrons. The highest BCUT2D eigenvalue weighted by Gasteiger charge is 2.40. The molecular weight excluding hydrogens is 594 g/mol. The summed E-state index contributed by atoms with van der Waals surface area (Å²) in [7, 11) is 1.54. The minimum absolute atomic E-state index is 0.0336. The number of carbonyl (C=O) groups is 2. The topological polar surface area (TPSA) is 133 Å². The van der Waals surface area contributed by atoms with Crippen LogP contribution in [0, 0.1) is 32.1 Å². The van der Waals surface area contributed by atoms with Crippen molar-refractivity contribution in [1.82, 2.24) is 14.5 Å². The van der Waals surface area contributed by atoms with Gasteiger partial charge in [-0.3, -0.25) is 4.57 Å². The zero-order chi connectivity index (χ0) is 30.6. The van der Waals surface area contributed by atoms with Gasteiger partial charge < -0.3 is 18.6 Å². The molecule has 0 bridgehead atoms. The molecule has 1 aromatic carbocycles. The minimum Gasteiger partial charge on any atom is -0.496 e. The molecule has 41 heavy (non-hydrogen) atoms. The predicted octanol–water partition coefficient (Wildman–Crippen LogP) is 7.41. The van der Waals surface area contributed by atoms with Crippen LogP contribution in [0.5, 0.6) is 5.75 Å². The van der Waals surface area contributed by atoms with E-state index in [2.05, 4.69) is 32.0 Å². The summed E-state index contributed by atoms with van der Waals surface area (Å²) in [5.74, 6) is 0.792. The number of nitriles is 1. The number of rotatable bonds is 3. The number of fused-ring (bicyclic) bond motifs is 3. The number of halogens is 1. The van der Waals surface area contributed by atoms with Crippen molar-refractivity contribution in [3.8, 4) is 17.5 Å². The standard InChI is InChI=1S/C29H32BrN5O6/c1-14-11-12-18(38-10)15(2)20(14)34-21-19(23(30)33-24-22(21)39-16(3)32-24)17(13-31)25(34)35(26(36)40-28(4,5)6)27(37)41-29(7,8)9/h11-12H,1-10H3. The number of carbonyl (C=O) groups excluding carboxylic acids is 2. The van der Waals surface area contributed by atoms with Gasteiger partial charge in [-0.25, -0.2) is 14.6 Å². The molecule has 0 N–H and O–H groups in total. The Morgan fingerprint density at radius 1 is 1.02 bits per heavy atom. The zero-order valence-corrected chi connectivity index (χ0v) is 26.3. The molecule has 0 atom stereocenters. The highest BCUT2D eigenvalue weighted by molar-refractivity contribution is 9.10. The second-order valence-corrected chi connectivity index (χ2v) is 12.3. The van der Waals surface area contributed by atoms with Gasteiger partial charge in [-0.05, 0) is 82.9 Å². The molecule has 4 aromatic rings. The molecule has 12 heteroatoms. The van der Waals surface area contributed by atoms with Crippen molar-refractivity contribution < 1.29 is 28.2 Å². The average Bonchev–Trinajstić information content (AvgIpc) is 3.34. The number of oxazole rings is 1. The van der Waals surface area contributed by atoms with Crippen LogP contribution in [0.3, 0.4) is 0 Å². The van der Waals surface area contributed by atoms with Crippen LogP contribution in [0.1, 0.15) is 64.1 Å². The van der Waals surface area contributed by atoms with E-state index in [0.717, 1.165) is 10.5 Å². The first kappa shape index (κ1) is 29.9. The first-order valence-electron chi connectivity index (χ1n) is 12.8. The molecule has 216 valence electrons. The molecule has 0 aliphatic heterocycles. The fourth-order valence-electron chi connectivity index (χ4n) is 4.55. The van der Waals surface area contributed by atoms with Gasteiger partial charge >= 0.3 is 12.2 Å². The van der Waals surface area contributed by atoms with Crippen LogP contribution in [0.15, 0.2) is 21.2 Å². The summed E-state index contributed by atoms with van der Waals surface area (Å²) in [6, 6.07) is 5.84. The van der Waals surface area contributed by atoms with Crippen molar-refractivity contribution in [3.05, 3.63) is 39.3 Å². The Hall–Kier alpha value is -4.11. The van der Waals surface area contributed by atoms with Crippen LogP contribution in [0.4, 0.5) is 15.4 Å². The quantitative estimate of drug-likeness (QED) is 0.213. The predicted molar refractivity (Wildman–Crippen MR) is 157 cm³/mol. The van der Waals surface area contributed by atoms with Gasteiger partial charge in [0.05, 0.1) is 18.2 Å². The van der Waals surface area contributed by atoms with E-state index in [-0.39, 0.29) is 27.2 Å². The largest absolute Gasteiger partial charge is 0.496 e. The summed E-state index contributed by atoms with van der Waals surface area (Å²) in [5, 5.41) is 10.9. The van der Waals surface area contributed by atoms with Crippen molar-refractivity contribution >= 4 is 56.1 Å². The Bertz CT molecular complexity index is 1720. The highest BCUT2D eigenvalue weighted by atomic mass is 79.9. The Kier molecular flexibility index (Phi) is 7.56. The first-order valence-corrected chi connectivity index (χ1v) is 13.6. The Labute approximate surface area is 246 Å². The van der Waals surface area contributed by atoms with Gasteiger partial charge in [-0.2, -0.15) is 15.1 Å². The van der Waals surface area contributed by atoms with Gasteiger partial charge in [0.15, 0.2) is 17.3 Å². The molecule has 0 saturated heterocycles. The van der Waals surface area contributed by atoms with Gasteiger partial charge in [0.25, 0.3) is 0 Å². The van der Waals surface area contributed by atoms with Gasteiger partial charge in [-0.1, -0.05) is 6.07 Å². The molecule has 0 spiro atoms. The van der Waals surface area contributed by atoms with E-state index < -0.39 is 23.4 Å². The number of aryl methyl sites for hydroxylation is 2. The number of pyridine rings is 1. The second-order valence-electron chi connectivity index (χ2n) is 11.5. The van der Waals surface area contributed by atoms with Crippen LogP contribution < -0.4 is 9.64 Å². The lowest BCUT2D eigenvalue weighted by Gasteiger charge is -2.30. The zero-order valence-electron chi connectivity index (χ0n) is 24.7. The molecule has 11 nitrogen and oxygen atoms in total. The maximum absolute atomic E-state index is 13.9. The molecule has 3 heterocycles. The molecule has 4 rings (SSSR count). The Balaban J connectivity index is 2.29. The third-order valence-electron chi connectivity index (χ3n) is 5.99. The van der Waals surface area contributed by atoms with Crippen molar-refractivity contribution in [2.24, 2.45) is 0 Å². The number of imide groups is 1. The molecule has 2 amide bonds. The first-order chi connectivity index (χ1) is 19.0.